The largest absolute Gasteiger partial charge is 0.396 e. The first-order chi connectivity index (χ1) is 6.75. The maximum Gasteiger partial charge on any atom is 0.130 e. The van der Waals surface area contributed by atoms with E-state index in [-0.39, 0.29) is 18.7 Å². The highest BCUT2D eigenvalue weighted by atomic mass is 19.1. The number of aliphatic hydroxyl groups excluding tert-OH is 1. The Balaban J connectivity index is 2.49. The Morgan fingerprint density at radius 3 is 2.43 bits per heavy atom. The van der Waals surface area contributed by atoms with Gasteiger partial charge < -0.3 is 10.4 Å². The molecule has 1 rings (SSSR count). The second kappa shape index (κ2) is 5.67. The quantitative estimate of drug-likeness (QED) is 0.706. The fourth-order valence-corrected chi connectivity index (χ4v) is 1.12. The average Bonchev–Trinajstić information content (AvgIpc) is 2.16. The second-order valence-corrected chi connectivity index (χ2v) is 2.95. The smallest absolute Gasteiger partial charge is 0.130 e. The Kier molecular flexibility index (Phi) is 4.49. The molecule has 0 heterocycles. The summed E-state index contributed by atoms with van der Waals surface area (Å²) in [7, 11) is 0. The minimum atomic E-state index is -0.540. The van der Waals surface area contributed by atoms with Crippen molar-refractivity contribution >= 4 is 0 Å². The Bertz CT molecular complexity index is 271. The van der Waals surface area contributed by atoms with Crippen LogP contribution in [0.25, 0.3) is 0 Å². The highest BCUT2D eigenvalue weighted by Gasteiger charge is 2.06. The van der Waals surface area contributed by atoms with E-state index in [4.69, 9.17) is 5.11 Å². The van der Waals surface area contributed by atoms with Gasteiger partial charge in [0, 0.05) is 18.7 Å². The molecule has 14 heavy (non-hydrogen) atoms. The molecule has 0 radical (unpaired) electrons. The van der Waals surface area contributed by atoms with E-state index in [0.29, 0.717) is 13.0 Å². The zero-order chi connectivity index (χ0) is 10.4. The van der Waals surface area contributed by atoms with Crippen molar-refractivity contribution in [3.8, 4) is 0 Å². The van der Waals surface area contributed by atoms with Gasteiger partial charge in [-0.3, -0.25) is 0 Å². The molecule has 0 aliphatic rings. The molecule has 0 saturated heterocycles. The zero-order valence-corrected chi connectivity index (χ0v) is 7.76. The van der Waals surface area contributed by atoms with E-state index >= 15 is 0 Å². The highest BCUT2D eigenvalue weighted by Crippen LogP contribution is 2.11. The molecule has 0 fully saturated rings. The Morgan fingerprint density at radius 2 is 1.86 bits per heavy atom. The minimum absolute atomic E-state index is 0.0467. The van der Waals surface area contributed by atoms with Crippen LogP contribution in [-0.2, 0) is 6.54 Å². The molecule has 0 unspecified atom stereocenters. The van der Waals surface area contributed by atoms with Gasteiger partial charge in [0.15, 0.2) is 0 Å². The lowest BCUT2D eigenvalue weighted by Crippen LogP contribution is -2.17. The number of nitrogens with one attached hydrogen (secondary N) is 1. The van der Waals surface area contributed by atoms with E-state index in [2.05, 4.69) is 5.32 Å². The molecule has 0 spiro atoms. The van der Waals surface area contributed by atoms with Gasteiger partial charge in [0.2, 0.25) is 0 Å². The summed E-state index contributed by atoms with van der Waals surface area (Å²) in [5.74, 6) is -1.08. The highest BCUT2D eigenvalue weighted by molar-refractivity contribution is 5.19. The van der Waals surface area contributed by atoms with Crippen LogP contribution in [0.1, 0.15) is 12.0 Å². The summed E-state index contributed by atoms with van der Waals surface area (Å²) in [6.07, 6.45) is 0.579. The molecule has 0 bridgehead atoms. The molecule has 78 valence electrons. The average molecular weight is 201 g/mol. The molecular formula is C10H13F2NO. The lowest BCUT2D eigenvalue weighted by atomic mass is 10.2. The van der Waals surface area contributed by atoms with Crippen LogP contribution in [0.2, 0.25) is 0 Å². The summed E-state index contributed by atoms with van der Waals surface area (Å²) >= 11 is 0. The van der Waals surface area contributed by atoms with E-state index in [1.807, 2.05) is 0 Å². The zero-order valence-electron chi connectivity index (χ0n) is 7.76. The van der Waals surface area contributed by atoms with E-state index < -0.39 is 11.6 Å². The van der Waals surface area contributed by atoms with Gasteiger partial charge >= 0.3 is 0 Å². The van der Waals surface area contributed by atoms with Crippen LogP contribution in [0, 0.1) is 11.6 Å². The van der Waals surface area contributed by atoms with E-state index in [0.717, 1.165) is 0 Å². The van der Waals surface area contributed by atoms with E-state index in [1.54, 1.807) is 0 Å². The summed E-state index contributed by atoms with van der Waals surface area (Å²) in [4.78, 5) is 0. The molecule has 0 atom stereocenters. The first-order valence-electron chi connectivity index (χ1n) is 4.50. The first-order valence-corrected chi connectivity index (χ1v) is 4.50. The van der Waals surface area contributed by atoms with Crippen molar-refractivity contribution in [2.45, 2.75) is 13.0 Å². The number of halogens is 2. The van der Waals surface area contributed by atoms with Crippen molar-refractivity contribution in [3.63, 3.8) is 0 Å². The topological polar surface area (TPSA) is 32.3 Å². The number of benzene rings is 1. The molecule has 2 N–H and O–H groups in total. The van der Waals surface area contributed by atoms with Crippen LogP contribution >= 0.6 is 0 Å². The number of rotatable bonds is 5. The second-order valence-electron chi connectivity index (χ2n) is 2.95. The Hall–Kier alpha value is -1.00. The van der Waals surface area contributed by atoms with Gasteiger partial charge in [0.1, 0.15) is 11.6 Å². The molecule has 0 aliphatic carbocycles. The lowest BCUT2D eigenvalue weighted by molar-refractivity contribution is 0.285. The van der Waals surface area contributed by atoms with Gasteiger partial charge in [0.05, 0.1) is 0 Å². The van der Waals surface area contributed by atoms with Crippen molar-refractivity contribution in [2.75, 3.05) is 13.2 Å². The summed E-state index contributed by atoms with van der Waals surface area (Å²) in [5, 5.41) is 11.3. The number of hydrogen-bond donors (Lipinski definition) is 2. The normalized spacial score (nSPS) is 10.5. The van der Waals surface area contributed by atoms with Crippen LogP contribution < -0.4 is 5.32 Å². The van der Waals surface area contributed by atoms with Crippen LogP contribution in [0.5, 0.6) is 0 Å². The fourth-order valence-electron chi connectivity index (χ4n) is 1.12. The predicted octanol–water partition coefficient (Wildman–Crippen LogP) is 1.44. The van der Waals surface area contributed by atoms with E-state index in [9.17, 15) is 8.78 Å². The van der Waals surface area contributed by atoms with Crippen molar-refractivity contribution in [1.29, 1.82) is 0 Å². The molecule has 0 aliphatic heterocycles. The molecule has 0 amide bonds. The number of aliphatic hydroxyl groups is 1. The minimum Gasteiger partial charge on any atom is -0.396 e. The summed E-state index contributed by atoms with van der Waals surface area (Å²) in [6.45, 7) is 0.773. The Morgan fingerprint density at radius 1 is 1.21 bits per heavy atom. The van der Waals surface area contributed by atoms with Gasteiger partial charge in [-0.2, -0.15) is 0 Å². The van der Waals surface area contributed by atoms with Crippen molar-refractivity contribution < 1.29 is 13.9 Å². The van der Waals surface area contributed by atoms with Gasteiger partial charge in [0.25, 0.3) is 0 Å². The van der Waals surface area contributed by atoms with E-state index in [1.165, 1.54) is 18.2 Å². The predicted molar refractivity (Wildman–Crippen MR) is 49.8 cm³/mol. The summed E-state index contributed by atoms with van der Waals surface area (Å²) < 4.78 is 26.1. The van der Waals surface area contributed by atoms with Gasteiger partial charge in [-0.25, -0.2) is 8.78 Å². The maximum atomic E-state index is 13.0. The Labute approximate surface area is 81.6 Å². The third kappa shape index (κ3) is 3.05. The molecular weight excluding hydrogens is 188 g/mol. The first kappa shape index (κ1) is 11.1. The van der Waals surface area contributed by atoms with Crippen LogP contribution in [0.15, 0.2) is 18.2 Å². The van der Waals surface area contributed by atoms with Gasteiger partial charge in [-0.05, 0) is 25.1 Å². The number of hydrogen-bond acceptors (Lipinski definition) is 2. The molecule has 0 aromatic heterocycles. The van der Waals surface area contributed by atoms with Gasteiger partial charge in [-0.1, -0.05) is 6.07 Å². The molecule has 1 aromatic carbocycles. The fraction of sp³-hybridized carbons (Fsp3) is 0.400. The molecule has 0 saturated carbocycles. The van der Waals surface area contributed by atoms with Gasteiger partial charge in [-0.15, -0.1) is 0 Å². The van der Waals surface area contributed by atoms with Crippen LogP contribution in [0.3, 0.4) is 0 Å². The molecule has 4 heteroatoms. The lowest BCUT2D eigenvalue weighted by Gasteiger charge is -2.05. The third-order valence-corrected chi connectivity index (χ3v) is 1.88. The third-order valence-electron chi connectivity index (χ3n) is 1.88. The van der Waals surface area contributed by atoms with Crippen molar-refractivity contribution in [3.05, 3.63) is 35.4 Å². The van der Waals surface area contributed by atoms with Crippen LogP contribution in [0.4, 0.5) is 8.78 Å². The monoisotopic (exact) mass is 201 g/mol. The van der Waals surface area contributed by atoms with Crippen molar-refractivity contribution in [1.82, 2.24) is 5.32 Å². The standard InChI is InChI=1S/C10H13F2NO/c11-9-3-1-4-10(12)8(9)7-13-5-2-6-14/h1,3-4,13-14H,2,5-7H2. The maximum absolute atomic E-state index is 13.0. The summed E-state index contributed by atoms with van der Waals surface area (Å²) in [5.41, 5.74) is 0.0467. The van der Waals surface area contributed by atoms with Crippen molar-refractivity contribution in [2.24, 2.45) is 0 Å². The molecule has 2 nitrogen and oxygen atoms in total. The SMILES string of the molecule is OCCCNCc1c(F)cccc1F. The molecule has 1 aromatic rings. The summed E-state index contributed by atoms with van der Waals surface area (Å²) in [6, 6.07) is 3.79. The van der Waals surface area contributed by atoms with Crippen LogP contribution in [-0.4, -0.2) is 18.3 Å².